The van der Waals surface area contributed by atoms with Crippen LogP contribution in [0.25, 0.3) is 0 Å². The maximum Gasteiger partial charge on any atom is -0.0237 e. The molecule has 0 N–H and O–H groups in total. The van der Waals surface area contributed by atoms with Crippen LogP contribution in [-0.2, 0) is 0 Å². The highest BCUT2D eigenvalue weighted by Gasteiger charge is 1.99. The van der Waals surface area contributed by atoms with Crippen LogP contribution in [0.3, 0.4) is 0 Å². The summed E-state index contributed by atoms with van der Waals surface area (Å²) in [6.07, 6.45) is 10.9. The van der Waals surface area contributed by atoms with Crippen molar-refractivity contribution < 1.29 is 0 Å². The Balaban J connectivity index is 0. The number of rotatable bonds is 4. The van der Waals surface area contributed by atoms with Gasteiger partial charge in [0.15, 0.2) is 0 Å². The van der Waals surface area contributed by atoms with Gasteiger partial charge in [0, 0.05) is 0 Å². The van der Waals surface area contributed by atoms with E-state index >= 15 is 0 Å². The quantitative estimate of drug-likeness (QED) is 0.475. The van der Waals surface area contributed by atoms with Crippen molar-refractivity contribution in [3.8, 4) is 0 Å². The van der Waals surface area contributed by atoms with E-state index in [1.165, 1.54) is 48.8 Å². The summed E-state index contributed by atoms with van der Waals surface area (Å²) in [7, 11) is 0. The van der Waals surface area contributed by atoms with Gasteiger partial charge < -0.3 is 0 Å². The molecule has 0 spiro atoms. The van der Waals surface area contributed by atoms with E-state index in [-0.39, 0.29) is 0 Å². The fourth-order valence-corrected chi connectivity index (χ4v) is 1.60. The van der Waals surface area contributed by atoms with Gasteiger partial charge in [-0.1, -0.05) is 76.0 Å². The lowest BCUT2D eigenvalue weighted by molar-refractivity contribution is 0.573. The monoisotopic (exact) mass is 264 g/mol. The standard InChI is InChI=1S/C9H18.C8H12.C2H6/c1-5-6-7-9(4)8(2)3;1-7-3-5-8(2)6-4-7;1-2/h9H,2,5-7H2,1,3-4H3;3,5H,4,6H2,1-2H3;1-2H3. The smallest absolute Gasteiger partial charge is 0.0237 e. The molecule has 0 heterocycles. The topological polar surface area (TPSA) is 0 Å². The molecular formula is C19H36. The van der Waals surface area contributed by atoms with E-state index in [0.29, 0.717) is 0 Å². The first kappa shape index (κ1) is 20.5. The van der Waals surface area contributed by atoms with E-state index in [0.717, 1.165) is 5.92 Å². The number of unbranched alkanes of at least 4 members (excludes halogenated alkanes) is 1. The number of hydrogen-bond acceptors (Lipinski definition) is 0. The molecular weight excluding hydrogens is 228 g/mol. The molecule has 1 aliphatic carbocycles. The van der Waals surface area contributed by atoms with Crippen LogP contribution in [0.1, 0.15) is 80.6 Å². The third-order valence-electron chi connectivity index (χ3n) is 3.40. The number of hydrogen-bond donors (Lipinski definition) is 0. The Morgan fingerprint density at radius 2 is 1.58 bits per heavy atom. The van der Waals surface area contributed by atoms with Gasteiger partial charge in [-0.25, -0.2) is 0 Å². The van der Waals surface area contributed by atoms with Crippen LogP contribution in [0.5, 0.6) is 0 Å². The van der Waals surface area contributed by atoms with E-state index < -0.39 is 0 Å². The summed E-state index contributed by atoms with van der Waals surface area (Å²) in [5.74, 6) is 0.727. The fraction of sp³-hybridized carbons (Fsp3) is 0.684. The van der Waals surface area contributed by atoms with Gasteiger partial charge in [-0.2, -0.15) is 0 Å². The second-order valence-corrected chi connectivity index (χ2v) is 5.42. The lowest BCUT2D eigenvalue weighted by atomic mass is 9.98. The Hall–Kier alpha value is -0.780. The molecule has 1 aliphatic rings. The van der Waals surface area contributed by atoms with Gasteiger partial charge in [-0.05, 0) is 46.0 Å². The van der Waals surface area contributed by atoms with E-state index in [4.69, 9.17) is 0 Å². The Labute approximate surface area is 122 Å². The molecule has 0 radical (unpaired) electrons. The average molecular weight is 264 g/mol. The van der Waals surface area contributed by atoms with Gasteiger partial charge in [0.1, 0.15) is 0 Å². The van der Waals surface area contributed by atoms with Crippen LogP contribution >= 0.6 is 0 Å². The summed E-state index contributed by atoms with van der Waals surface area (Å²) in [6.45, 7) is 18.9. The Morgan fingerprint density at radius 1 is 1.16 bits per heavy atom. The summed E-state index contributed by atoms with van der Waals surface area (Å²) in [5, 5.41) is 0. The highest BCUT2D eigenvalue weighted by atomic mass is 14.0. The molecule has 0 nitrogen and oxygen atoms in total. The minimum Gasteiger partial charge on any atom is -0.0999 e. The lowest BCUT2D eigenvalue weighted by Crippen LogP contribution is -1.93. The summed E-state index contributed by atoms with van der Waals surface area (Å²) >= 11 is 0. The van der Waals surface area contributed by atoms with Crippen LogP contribution < -0.4 is 0 Å². The second kappa shape index (κ2) is 13.6. The summed E-state index contributed by atoms with van der Waals surface area (Å²) in [6, 6.07) is 0. The van der Waals surface area contributed by atoms with Crippen molar-refractivity contribution in [1.82, 2.24) is 0 Å². The normalized spacial score (nSPS) is 14.9. The third-order valence-corrected chi connectivity index (χ3v) is 3.40. The summed E-state index contributed by atoms with van der Waals surface area (Å²) in [5.41, 5.74) is 4.34. The SMILES string of the molecule is C=C(C)C(C)CCCC.CC.CC1=CC=C(C)CC1. The Morgan fingerprint density at radius 3 is 1.84 bits per heavy atom. The zero-order valence-corrected chi connectivity index (χ0v) is 14.5. The Kier molecular flexibility index (Phi) is 14.8. The highest BCUT2D eigenvalue weighted by molar-refractivity contribution is 5.20. The molecule has 0 fully saturated rings. The first-order valence-corrected chi connectivity index (χ1v) is 7.95. The van der Waals surface area contributed by atoms with Gasteiger partial charge in [-0.15, -0.1) is 0 Å². The molecule has 1 unspecified atom stereocenters. The molecule has 0 aromatic heterocycles. The van der Waals surface area contributed by atoms with Crippen LogP contribution in [-0.4, -0.2) is 0 Å². The second-order valence-electron chi connectivity index (χ2n) is 5.42. The molecule has 0 aliphatic heterocycles. The van der Waals surface area contributed by atoms with Crippen molar-refractivity contribution in [2.45, 2.75) is 80.6 Å². The number of allylic oxidation sites excluding steroid dienone is 5. The fourth-order valence-electron chi connectivity index (χ4n) is 1.60. The minimum atomic E-state index is 0.727. The molecule has 112 valence electrons. The molecule has 1 rings (SSSR count). The van der Waals surface area contributed by atoms with Gasteiger partial charge >= 0.3 is 0 Å². The third kappa shape index (κ3) is 13.5. The first-order chi connectivity index (χ1) is 8.97. The van der Waals surface area contributed by atoms with E-state index in [2.05, 4.69) is 53.3 Å². The average Bonchev–Trinajstić information content (AvgIpc) is 2.42. The van der Waals surface area contributed by atoms with E-state index in [1.807, 2.05) is 13.8 Å². The summed E-state index contributed by atoms with van der Waals surface area (Å²) < 4.78 is 0. The molecule has 0 aromatic rings. The van der Waals surface area contributed by atoms with Crippen molar-refractivity contribution in [3.63, 3.8) is 0 Å². The molecule has 0 saturated heterocycles. The molecule has 0 heteroatoms. The zero-order chi connectivity index (χ0) is 15.3. The Bertz CT molecular complexity index is 260. The minimum absolute atomic E-state index is 0.727. The maximum absolute atomic E-state index is 3.91. The largest absolute Gasteiger partial charge is 0.0999 e. The van der Waals surface area contributed by atoms with Gasteiger partial charge in [0.2, 0.25) is 0 Å². The molecule has 0 amide bonds. The van der Waals surface area contributed by atoms with Crippen molar-refractivity contribution in [2.75, 3.05) is 0 Å². The van der Waals surface area contributed by atoms with Crippen molar-refractivity contribution >= 4 is 0 Å². The molecule has 19 heavy (non-hydrogen) atoms. The van der Waals surface area contributed by atoms with Gasteiger partial charge in [0.05, 0.1) is 0 Å². The molecule has 0 saturated carbocycles. The van der Waals surface area contributed by atoms with E-state index in [9.17, 15) is 0 Å². The van der Waals surface area contributed by atoms with Crippen LogP contribution in [0.4, 0.5) is 0 Å². The molecule has 0 aromatic carbocycles. The van der Waals surface area contributed by atoms with Gasteiger partial charge in [0.25, 0.3) is 0 Å². The van der Waals surface area contributed by atoms with Crippen molar-refractivity contribution in [3.05, 3.63) is 35.5 Å². The first-order valence-electron chi connectivity index (χ1n) is 7.95. The van der Waals surface area contributed by atoms with Gasteiger partial charge in [-0.3, -0.25) is 0 Å². The maximum atomic E-state index is 3.91. The summed E-state index contributed by atoms with van der Waals surface area (Å²) in [4.78, 5) is 0. The van der Waals surface area contributed by atoms with E-state index in [1.54, 1.807) is 0 Å². The van der Waals surface area contributed by atoms with Crippen LogP contribution in [0.15, 0.2) is 35.5 Å². The van der Waals surface area contributed by atoms with Crippen LogP contribution in [0, 0.1) is 5.92 Å². The predicted molar refractivity (Wildman–Crippen MR) is 91.6 cm³/mol. The molecule has 1 atom stereocenters. The predicted octanol–water partition coefficient (Wildman–Crippen LogP) is 7.09. The molecule has 0 bridgehead atoms. The highest BCUT2D eigenvalue weighted by Crippen LogP contribution is 2.16. The lowest BCUT2D eigenvalue weighted by Gasteiger charge is -2.08. The van der Waals surface area contributed by atoms with Crippen molar-refractivity contribution in [2.24, 2.45) is 5.92 Å². The van der Waals surface area contributed by atoms with Crippen molar-refractivity contribution in [1.29, 1.82) is 0 Å². The van der Waals surface area contributed by atoms with Crippen LogP contribution in [0.2, 0.25) is 0 Å². The zero-order valence-electron chi connectivity index (χ0n) is 14.5.